The van der Waals surface area contributed by atoms with Gasteiger partial charge in [0, 0.05) is 18.7 Å². The summed E-state index contributed by atoms with van der Waals surface area (Å²) in [6, 6.07) is 6.18. The van der Waals surface area contributed by atoms with E-state index in [4.69, 9.17) is 0 Å². The largest absolute Gasteiger partial charge is 0.338 e. The summed E-state index contributed by atoms with van der Waals surface area (Å²) in [4.78, 5) is 19.1. The molecule has 0 spiro atoms. The van der Waals surface area contributed by atoms with E-state index in [1.165, 1.54) is 23.5 Å². The highest BCUT2D eigenvalue weighted by Gasteiger charge is 2.25. The molecule has 0 aliphatic carbocycles. The van der Waals surface area contributed by atoms with Crippen molar-refractivity contribution < 1.29 is 9.18 Å². The Bertz CT molecular complexity index is 617. The van der Waals surface area contributed by atoms with Crippen LogP contribution in [0.3, 0.4) is 0 Å². The van der Waals surface area contributed by atoms with Crippen LogP contribution >= 0.6 is 11.3 Å². The Morgan fingerprint density at radius 3 is 2.58 bits per heavy atom. The Hall–Kier alpha value is -1.75. The molecule has 2 aromatic rings. The molecule has 19 heavy (non-hydrogen) atoms. The summed E-state index contributed by atoms with van der Waals surface area (Å²) >= 11 is 1.38. The number of hydrogen-bond acceptors (Lipinski definition) is 3. The molecule has 0 radical (unpaired) electrons. The third kappa shape index (κ3) is 2.26. The van der Waals surface area contributed by atoms with Gasteiger partial charge in [-0.05, 0) is 37.6 Å². The van der Waals surface area contributed by atoms with Crippen LogP contribution in [0.15, 0.2) is 24.3 Å². The highest BCUT2D eigenvalue weighted by atomic mass is 32.1. The van der Waals surface area contributed by atoms with Crippen molar-refractivity contribution in [2.75, 3.05) is 13.1 Å². The van der Waals surface area contributed by atoms with Gasteiger partial charge in [-0.15, -0.1) is 11.3 Å². The van der Waals surface area contributed by atoms with Gasteiger partial charge in [0.25, 0.3) is 5.91 Å². The van der Waals surface area contributed by atoms with Crippen LogP contribution in [-0.4, -0.2) is 28.9 Å². The minimum Gasteiger partial charge on any atom is -0.338 e. The monoisotopic (exact) mass is 276 g/mol. The van der Waals surface area contributed by atoms with Crippen molar-refractivity contribution in [2.24, 2.45) is 0 Å². The Labute approximate surface area is 114 Å². The Kier molecular flexibility index (Phi) is 3.06. The molecule has 0 unspecified atom stereocenters. The van der Waals surface area contributed by atoms with Crippen molar-refractivity contribution in [2.45, 2.75) is 13.3 Å². The molecular formula is C14H13FN2OS. The van der Waals surface area contributed by atoms with Gasteiger partial charge in [-0.3, -0.25) is 4.79 Å². The SMILES string of the molecule is Cc1nc(-c2ccc(F)cc2)sc1C(=O)N1CCC1. The second-order valence-electron chi connectivity index (χ2n) is 4.59. The maximum Gasteiger partial charge on any atom is 0.265 e. The van der Waals surface area contributed by atoms with E-state index in [2.05, 4.69) is 4.98 Å². The summed E-state index contributed by atoms with van der Waals surface area (Å²) in [6.07, 6.45) is 1.08. The molecule has 0 bridgehead atoms. The molecule has 98 valence electrons. The maximum atomic E-state index is 12.9. The van der Waals surface area contributed by atoms with Crippen LogP contribution < -0.4 is 0 Å². The topological polar surface area (TPSA) is 33.2 Å². The first kappa shape index (κ1) is 12.3. The van der Waals surface area contributed by atoms with E-state index in [1.807, 2.05) is 11.8 Å². The van der Waals surface area contributed by atoms with E-state index in [1.54, 1.807) is 12.1 Å². The summed E-state index contributed by atoms with van der Waals surface area (Å²) in [6.45, 7) is 3.51. The molecule has 1 aliphatic rings. The average Bonchev–Trinajstić information content (AvgIpc) is 2.70. The molecule has 5 heteroatoms. The van der Waals surface area contributed by atoms with Gasteiger partial charge in [0.05, 0.1) is 5.69 Å². The van der Waals surface area contributed by atoms with E-state index >= 15 is 0 Å². The number of amides is 1. The first-order valence-corrected chi connectivity index (χ1v) is 6.99. The van der Waals surface area contributed by atoms with E-state index in [-0.39, 0.29) is 11.7 Å². The summed E-state index contributed by atoms with van der Waals surface area (Å²) in [5, 5.41) is 0.765. The van der Waals surface area contributed by atoms with Crippen LogP contribution in [0.5, 0.6) is 0 Å². The highest BCUT2D eigenvalue weighted by Crippen LogP contribution is 2.29. The van der Waals surface area contributed by atoms with Crippen molar-refractivity contribution in [1.29, 1.82) is 0 Å². The van der Waals surface area contributed by atoms with E-state index in [0.717, 1.165) is 35.8 Å². The Balaban J connectivity index is 1.92. The fraction of sp³-hybridized carbons (Fsp3) is 0.286. The average molecular weight is 276 g/mol. The lowest BCUT2D eigenvalue weighted by Gasteiger charge is -2.30. The minimum atomic E-state index is -0.270. The number of carbonyl (C=O) groups is 1. The zero-order valence-corrected chi connectivity index (χ0v) is 11.3. The zero-order chi connectivity index (χ0) is 13.4. The van der Waals surface area contributed by atoms with Gasteiger partial charge in [-0.25, -0.2) is 9.37 Å². The van der Waals surface area contributed by atoms with E-state index in [9.17, 15) is 9.18 Å². The summed E-state index contributed by atoms with van der Waals surface area (Å²) in [5.74, 6) is -0.205. The molecule has 1 saturated heterocycles. The van der Waals surface area contributed by atoms with Gasteiger partial charge in [-0.2, -0.15) is 0 Å². The second-order valence-corrected chi connectivity index (χ2v) is 5.59. The number of aryl methyl sites for hydroxylation is 1. The lowest BCUT2D eigenvalue weighted by molar-refractivity contribution is 0.0656. The fourth-order valence-electron chi connectivity index (χ4n) is 1.97. The lowest BCUT2D eigenvalue weighted by atomic mass is 10.2. The molecule has 0 atom stereocenters. The quantitative estimate of drug-likeness (QED) is 0.844. The van der Waals surface area contributed by atoms with Gasteiger partial charge in [-0.1, -0.05) is 0 Å². The maximum absolute atomic E-state index is 12.9. The predicted molar refractivity (Wildman–Crippen MR) is 72.8 cm³/mol. The molecule has 1 amide bonds. The van der Waals surface area contributed by atoms with Gasteiger partial charge in [0.2, 0.25) is 0 Å². The molecule has 1 aromatic heterocycles. The minimum absolute atomic E-state index is 0.0645. The normalized spacial score (nSPS) is 14.3. The van der Waals surface area contributed by atoms with Crippen molar-refractivity contribution in [3.05, 3.63) is 40.7 Å². The number of benzene rings is 1. The Morgan fingerprint density at radius 1 is 1.32 bits per heavy atom. The standard InChI is InChI=1S/C14H13FN2OS/c1-9-12(14(18)17-7-2-8-17)19-13(16-9)10-3-5-11(15)6-4-10/h3-6H,2,7-8H2,1H3. The van der Waals surface area contributed by atoms with Crippen LogP contribution in [0, 0.1) is 12.7 Å². The molecule has 0 saturated carbocycles. The summed E-state index contributed by atoms with van der Waals surface area (Å²) < 4.78 is 12.9. The van der Waals surface area contributed by atoms with Gasteiger partial charge in [0.15, 0.2) is 0 Å². The van der Waals surface area contributed by atoms with Crippen LogP contribution in [-0.2, 0) is 0 Å². The molecular weight excluding hydrogens is 263 g/mol. The highest BCUT2D eigenvalue weighted by molar-refractivity contribution is 7.17. The van der Waals surface area contributed by atoms with Gasteiger partial charge >= 0.3 is 0 Å². The van der Waals surface area contributed by atoms with Crippen LogP contribution in [0.4, 0.5) is 4.39 Å². The van der Waals surface area contributed by atoms with Crippen LogP contribution in [0.25, 0.3) is 10.6 Å². The molecule has 3 nitrogen and oxygen atoms in total. The van der Waals surface area contributed by atoms with E-state index < -0.39 is 0 Å². The zero-order valence-electron chi connectivity index (χ0n) is 10.5. The predicted octanol–water partition coefficient (Wildman–Crippen LogP) is 3.10. The van der Waals surface area contributed by atoms with Crippen molar-refractivity contribution in [3.8, 4) is 10.6 Å². The smallest absolute Gasteiger partial charge is 0.265 e. The van der Waals surface area contributed by atoms with Gasteiger partial charge < -0.3 is 4.90 Å². The number of hydrogen-bond donors (Lipinski definition) is 0. The number of rotatable bonds is 2. The Morgan fingerprint density at radius 2 is 2.00 bits per heavy atom. The molecule has 2 heterocycles. The molecule has 1 aromatic carbocycles. The number of halogens is 1. The van der Waals surface area contributed by atoms with Crippen LogP contribution in [0.2, 0.25) is 0 Å². The van der Waals surface area contributed by atoms with E-state index in [0.29, 0.717) is 4.88 Å². The van der Waals surface area contributed by atoms with Gasteiger partial charge in [0.1, 0.15) is 15.7 Å². The number of thiazole rings is 1. The molecule has 3 rings (SSSR count). The number of aromatic nitrogens is 1. The van der Waals surface area contributed by atoms with Crippen molar-refractivity contribution in [1.82, 2.24) is 9.88 Å². The van der Waals surface area contributed by atoms with Crippen LogP contribution in [0.1, 0.15) is 21.8 Å². The summed E-state index contributed by atoms with van der Waals surface area (Å²) in [5.41, 5.74) is 1.60. The summed E-state index contributed by atoms with van der Waals surface area (Å²) in [7, 11) is 0. The first-order valence-electron chi connectivity index (χ1n) is 6.18. The number of likely N-dealkylation sites (tertiary alicyclic amines) is 1. The third-order valence-corrected chi connectivity index (χ3v) is 4.42. The van der Waals surface area contributed by atoms with Crippen molar-refractivity contribution in [3.63, 3.8) is 0 Å². The van der Waals surface area contributed by atoms with Crippen molar-refractivity contribution >= 4 is 17.2 Å². The number of carbonyl (C=O) groups excluding carboxylic acids is 1. The fourth-order valence-corrected chi connectivity index (χ4v) is 3.01. The molecule has 1 aliphatic heterocycles. The first-order chi connectivity index (χ1) is 9.15. The third-order valence-electron chi connectivity index (χ3n) is 3.23. The number of nitrogens with zero attached hydrogens (tertiary/aromatic N) is 2. The second kappa shape index (κ2) is 4.74. The molecule has 1 fully saturated rings. The lowest BCUT2D eigenvalue weighted by Crippen LogP contribution is -2.41. The molecule has 0 N–H and O–H groups in total.